The van der Waals surface area contributed by atoms with Crippen LogP contribution in [0, 0.1) is 11.8 Å². The summed E-state index contributed by atoms with van der Waals surface area (Å²) in [4.78, 5) is 27.4. The zero-order valence-electron chi connectivity index (χ0n) is 14.3. The lowest BCUT2D eigenvalue weighted by atomic mass is 9.66. The van der Waals surface area contributed by atoms with Crippen LogP contribution >= 0.6 is 0 Å². The highest BCUT2D eigenvalue weighted by molar-refractivity contribution is 5.89. The van der Waals surface area contributed by atoms with Crippen molar-refractivity contribution in [1.29, 1.82) is 0 Å². The minimum atomic E-state index is -0.570. The zero-order valence-corrected chi connectivity index (χ0v) is 14.3. The normalized spacial score (nSPS) is 33.7. The zero-order chi connectivity index (χ0) is 16.4. The molecule has 2 aliphatic carbocycles. The van der Waals surface area contributed by atoms with E-state index in [9.17, 15) is 9.59 Å². The molecule has 1 unspecified atom stereocenters. The average molecular weight is 324 g/mol. The highest BCUT2D eigenvalue weighted by atomic mass is 16.6. The fraction of sp³-hybridized carbons (Fsp3) is 0.882. The van der Waals surface area contributed by atoms with E-state index in [1.54, 1.807) is 0 Å². The molecule has 0 radical (unpaired) electrons. The Bertz CT molecular complexity index is 468. The van der Waals surface area contributed by atoms with Gasteiger partial charge in [-0.15, -0.1) is 0 Å². The Morgan fingerprint density at radius 1 is 1.30 bits per heavy atom. The molecule has 2 amide bonds. The van der Waals surface area contributed by atoms with E-state index >= 15 is 0 Å². The molecule has 0 aromatic carbocycles. The maximum Gasteiger partial charge on any atom is 0.420 e. The maximum absolute atomic E-state index is 12.1. The number of ether oxygens (including phenoxy) is 2. The molecule has 0 bridgehead atoms. The van der Waals surface area contributed by atoms with E-state index in [4.69, 9.17) is 9.47 Å². The highest BCUT2D eigenvalue weighted by Crippen LogP contribution is 2.47. The predicted molar refractivity (Wildman–Crippen MR) is 85.1 cm³/mol. The van der Waals surface area contributed by atoms with Crippen LogP contribution in [-0.2, 0) is 9.47 Å². The monoisotopic (exact) mass is 324 g/mol. The average Bonchev–Trinajstić information content (AvgIpc) is 2.83. The van der Waals surface area contributed by atoms with Crippen LogP contribution in [0.15, 0.2) is 0 Å². The van der Waals surface area contributed by atoms with Gasteiger partial charge in [-0.2, -0.15) is 0 Å². The molecule has 1 spiro atoms. The molecule has 6 heteroatoms. The van der Waals surface area contributed by atoms with Crippen molar-refractivity contribution in [2.45, 2.75) is 50.5 Å². The summed E-state index contributed by atoms with van der Waals surface area (Å²) >= 11 is 0. The third-order valence-corrected chi connectivity index (χ3v) is 5.63. The van der Waals surface area contributed by atoms with Crippen molar-refractivity contribution in [1.82, 2.24) is 9.80 Å². The molecule has 3 rings (SSSR count). The molecule has 3 fully saturated rings. The summed E-state index contributed by atoms with van der Waals surface area (Å²) in [6.45, 7) is 1.28. The van der Waals surface area contributed by atoms with Gasteiger partial charge in [0.1, 0.15) is 12.2 Å². The van der Waals surface area contributed by atoms with Crippen molar-refractivity contribution in [2.24, 2.45) is 11.8 Å². The maximum atomic E-state index is 12.1. The van der Waals surface area contributed by atoms with Crippen molar-refractivity contribution in [3.05, 3.63) is 0 Å². The smallest absolute Gasteiger partial charge is 0.420 e. The summed E-state index contributed by atoms with van der Waals surface area (Å²) in [5.41, 5.74) is -0.462. The molecule has 23 heavy (non-hydrogen) atoms. The molecule has 130 valence electrons. The minimum Gasteiger partial charge on any atom is -0.448 e. The molecular formula is C17H28N2O4. The molecule has 0 aromatic rings. The van der Waals surface area contributed by atoms with E-state index in [1.807, 2.05) is 19.0 Å². The lowest BCUT2D eigenvalue weighted by Crippen LogP contribution is -2.44. The molecule has 3 atom stereocenters. The van der Waals surface area contributed by atoms with Gasteiger partial charge in [0, 0.05) is 6.54 Å². The number of rotatable bonds is 3. The van der Waals surface area contributed by atoms with E-state index in [0.717, 1.165) is 30.1 Å². The van der Waals surface area contributed by atoms with Crippen molar-refractivity contribution >= 4 is 12.2 Å². The van der Waals surface area contributed by atoms with E-state index in [1.165, 1.54) is 25.7 Å². The first-order valence-corrected chi connectivity index (χ1v) is 8.81. The summed E-state index contributed by atoms with van der Waals surface area (Å²) in [6, 6.07) is 0. The van der Waals surface area contributed by atoms with Gasteiger partial charge in [-0.25, -0.2) is 14.5 Å². The molecule has 1 saturated heterocycles. The topological polar surface area (TPSA) is 59.1 Å². The Balaban J connectivity index is 1.57. The van der Waals surface area contributed by atoms with Crippen molar-refractivity contribution in [2.75, 3.05) is 33.8 Å². The predicted octanol–water partition coefficient (Wildman–Crippen LogP) is 2.87. The Morgan fingerprint density at radius 2 is 2.04 bits per heavy atom. The molecule has 0 N–H and O–H groups in total. The summed E-state index contributed by atoms with van der Waals surface area (Å²) in [6.07, 6.45) is 6.95. The number of carbonyl (C=O) groups is 2. The van der Waals surface area contributed by atoms with Crippen LogP contribution < -0.4 is 0 Å². The van der Waals surface area contributed by atoms with Gasteiger partial charge < -0.3 is 14.4 Å². The van der Waals surface area contributed by atoms with Gasteiger partial charge in [0.05, 0.1) is 6.54 Å². The number of carbonyl (C=O) groups excluding carboxylic acids is 2. The summed E-state index contributed by atoms with van der Waals surface area (Å²) < 4.78 is 10.9. The van der Waals surface area contributed by atoms with Crippen LogP contribution in [0.3, 0.4) is 0 Å². The molecular weight excluding hydrogens is 296 g/mol. The van der Waals surface area contributed by atoms with Crippen LogP contribution in [0.1, 0.15) is 44.9 Å². The fourth-order valence-corrected chi connectivity index (χ4v) is 4.36. The third kappa shape index (κ3) is 3.62. The van der Waals surface area contributed by atoms with Crippen molar-refractivity contribution in [3.63, 3.8) is 0 Å². The molecule has 2 saturated carbocycles. The highest BCUT2D eigenvalue weighted by Gasteiger charge is 2.52. The van der Waals surface area contributed by atoms with Crippen molar-refractivity contribution < 1.29 is 19.1 Å². The SMILES string of the molecule is CN(C)CCOC(=O)N1CC2(CC[C@H]3CCCC[C@@H]3C2)OC1=O. The van der Waals surface area contributed by atoms with Crippen molar-refractivity contribution in [3.8, 4) is 0 Å². The molecule has 0 aromatic heterocycles. The third-order valence-electron chi connectivity index (χ3n) is 5.63. The number of amides is 2. The Morgan fingerprint density at radius 3 is 2.78 bits per heavy atom. The first-order chi connectivity index (χ1) is 11.0. The standard InChI is InChI=1S/C17H28N2O4/c1-18(2)9-10-22-15(20)19-12-17(23-16(19)21)8-7-13-5-3-4-6-14(13)11-17/h13-14H,3-12H2,1-2H3/t13-,14-,17?/m1/s1. The number of likely N-dealkylation sites (N-methyl/N-ethyl adjacent to an activating group) is 1. The Labute approximate surface area is 138 Å². The van der Waals surface area contributed by atoms with Gasteiger partial charge in [0.15, 0.2) is 0 Å². The largest absolute Gasteiger partial charge is 0.448 e. The number of imide groups is 1. The second kappa shape index (κ2) is 6.67. The second-order valence-corrected chi connectivity index (χ2v) is 7.60. The van der Waals surface area contributed by atoms with E-state index in [0.29, 0.717) is 19.0 Å². The van der Waals surface area contributed by atoms with Crippen LogP contribution in [0.25, 0.3) is 0 Å². The van der Waals surface area contributed by atoms with Gasteiger partial charge in [0.2, 0.25) is 0 Å². The number of fused-ring (bicyclic) bond motifs is 1. The Hall–Kier alpha value is -1.30. The quantitative estimate of drug-likeness (QED) is 0.799. The van der Waals surface area contributed by atoms with Gasteiger partial charge in [-0.1, -0.05) is 25.7 Å². The van der Waals surface area contributed by atoms with Gasteiger partial charge in [-0.3, -0.25) is 0 Å². The molecule has 1 aliphatic heterocycles. The number of nitrogens with zero attached hydrogens (tertiary/aromatic N) is 2. The lowest BCUT2D eigenvalue weighted by molar-refractivity contribution is -0.0233. The molecule has 3 aliphatic rings. The van der Waals surface area contributed by atoms with E-state index < -0.39 is 17.8 Å². The minimum absolute atomic E-state index is 0.285. The second-order valence-electron chi connectivity index (χ2n) is 7.60. The van der Waals surface area contributed by atoms with Crippen LogP contribution in [0.4, 0.5) is 9.59 Å². The molecule has 1 heterocycles. The van der Waals surface area contributed by atoms with Crippen LogP contribution in [0.5, 0.6) is 0 Å². The fourth-order valence-electron chi connectivity index (χ4n) is 4.36. The number of hydrogen-bond donors (Lipinski definition) is 0. The summed E-state index contributed by atoms with van der Waals surface area (Å²) in [7, 11) is 3.82. The summed E-state index contributed by atoms with van der Waals surface area (Å²) in [5.74, 6) is 1.43. The van der Waals surface area contributed by atoms with Gasteiger partial charge >= 0.3 is 12.2 Å². The first kappa shape index (κ1) is 16.6. The summed E-state index contributed by atoms with van der Waals surface area (Å²) in [5, 5.41) is 0. The van der Waals surface area contributed by atoms with Gasteiger partial charge in [-0.05, 0) is 45.2 Å². The lowest BCUT2D eigenvalue weighted by Gasteiger charge is -2.43. The number of hydrogen-bond acceptors (Lipinski definition) is 5. The first-order valence-electron chi connectivity index (χ1n) is 8.81. The van der Waals surface area contributed by atoms with E-state index in [-0.39, 0.29) is 6.61 Å². The van der Waals surface area contributed by atoms with Gasteiger partial charge in [0.25, 0.3) is 0 Å². The Kier molecular flexibility index (Phi) is 4.80. The molecule has 6 nitrogen and oxygen atoms in total. The van der Waals surface area contributed by atoms with Crippen LogP contribution in [-0.4, -0.2) is 61.4 Å². The van der Waals surface area contributed by atoms with Crippen LogP contribution in [0.2, 0.25) is 0 Å². The van der Waals surface area contributed by atoms with E-state index in [2.05, 4.69) is 0 Å².